The quantitative estimate of drug-likeness (QED) is 0.838. The van der Waals surface area contributed by atoms with Gasteiger partial charge in [-0.1, -0.05) is 0 Å². The summed E-state index contributed by atoms with van der Waals surface area (Å²) < 4.78 is 5.37. The molecule has 3 unspecified atom stereocenters. The van der Waals surface area contributed by atoms with Crippen molar-refractivity contribution in [2.75, 3.05) is 52.5 Å². The number of nitrogens with zero attached hydrogens (tertiary/aromatic N) is 2. The Kier molecular flexibility index (Phi) is 7.36. The SMILES string of the molecule is Cl.Cl.NC1CCC2CN(CCN3CCOCC3)CC12. The molecule has 1 aliphatic carbocycles. The van der Waals surface area contributed by atoms with Gasteiger partial charge in [-0.3, -0.25) is 4.90 Å². The molecule has 2 saturated heterocycles. The van der Waals surface area contributed by atoms with E-state index in [0.717, 1.165) is 38.1 Å². The summed E-state index contributed by atoms with van der Waals surface area (Å²) in [6.07, 6.45) is 2.62. The molecule has 0 radical (unpaired) electrons. The van der Waals surface area contributed by atoms with Gasteiger partial charge in [-0.15, -0.1) is 24.8 Å². The fourth-order valence-corrected chi connectivity index (χ4v) is 3.69. The molecule has 0 aromatic rings. The van der Waals surface area contributed by atoms with E-state index in [2.05, 4.69) is 9.80 Å². The van der Waals surface area contributed by atoms with Crippen molar-refractivity contribution in [3.63, 3.8) is 0 Å². The zero-order valence-electron chi connectivity index (χ0n) is 11.5. The van der Waals surface area contributed by atoms with Crippen molar-refractivity contribution in [3.8, 4) is 0 Å². The summed E-state index contributed by atoms with van der Waals surface area (Å²) in [7, 11) is 0. The van der Waals surface area contributed by atoms with Crippen LogP contribution in [-0.2, 0) is 4.74 Å². The molecule has 0 aromatic heterocycles. The summed E-state index contributed by atoms with van der Waals surface area (Å²) in [6, 6.07) is 0.480. The topological polar surface area (TPSA) is 41.7 Å². The molecule has 0 bridgehead atoms. The Labute approximate surface area is 128 Å². The zero-order chi connectivity index (χ0) is 11.7. The molecular weight excluding hydrogens is 285 g/mol. The van der Waals surface area contributed by atoms with Crippen molar-refractivity contribution in [1.82, 2.24) is 9.80 Å². The fourth-order valence-electron chi connectivity index (χ4n) is 3.69. The third kappa shape index (κ3) is 4.19. The first-order chi connectivity index (χ1) is 8.33. The van der Waals surface area contributed by atoms with Crippen molar-refractivity contribution >= 4 is 24.8 Å². The van der Waals surface area contributed by atoms with Gasteiger partial charge in [0.2, 0.25) is 0 Å². The molecule has 1 saturated carbocycles. The van der Waals surface area contributed by atoms with Crippen LogP contribution in [0, 0.1) is 11.8 Å². The summed E-state index contributed by atoms with van der Waals surface area (Å²) >= 11 is 0. The highest BCUT2D eigenvalue weighted by molar-refractivity contribution is 5.85. The van der Waals surface area contributed by atoms with E-state index in [9.17, 15) is 0 Å². The van der Waals surface area contributed by atoms with E-state index in [4.69, 9.17) is 10.5 Å². The molecule has 19 heavy (non-hydrogen) atoms. The number of likely N-dealkylation sites (tertiary alicyclic amines) is 1. The Morgan fingerprint density at radius 1 is 0.947 bits per heavy atom. The van der Waals surface area contributed by atoms with Crippen LogP contribution in [0.4, 0.5) is 0 Å². The number of nitrogens with two attached hydrogens (primary N) is 1. The van der Waals surface area contributed by atoms with Crippen molar-refractivity contribution in [1.29, 1.82) is 0 Å². The van der Waals surface area contributed by atoms with Gasteiger partial charge in [0.05, 0.1) is 13.2 Å². The van der Waals surface area contributed by atoms with Gasteiger partial charge in [0.15, 0.2) is 0 Å². The predicted molar refractivity (Wildman–Crippen MR) is 82.4 cm³/mol. The number of halogens is 2. The lowest BCUT2D eigenvalue weighted by molar-refractivity contribution is 0.0340. The Hall–Kier alpha value is 0.420. The van der Waals surface area contributed by atoms with Gasteiger partial charge >= 0.3 is 0 Å². The molecule has 0 aromatic carbocycles. The van der Waals surface area contributed by atoms with E-state index in [1.165, 1.54) is 39.0 Å². The maximum atomic E-state index is 6.17. The summed E-state index contributed by atoms with van der Waals surface area (Å²) in [5.74, 6) is 1.69. The Balaban J connectivity index is 0.000000902. The standard InChI is InChI=1S/C13H25N3O.2ClH/c14-13-2-1-11-9-16(10-12(11)13)4-3-15-5-7-17-8-6-15;;/h11-13H,1-10,14H2;2*1H. The minimum absolute atomic E-state index is 0. The second kappa shape index (κ2) is 8.01. The maximum Gasteiger partial charge on any atom is 0.0594 e. The fraction of sp³-hybridized carbons (Fsp3) is 1.00. The number of ether oxygens (including phenoxy) is 1. The molecule has 0 amide bonds. The van der Waals surface area contributed by atoms with Gasteiger partial charge in [0.25, 0.3) is 0 Å². The Morgan fingerprint density at radius 2 is 1.63 bits per heavy atom. The summed E-state index contributed by atoms with van der Waals surface area (Å²) in [5.41, 5.74) is 6.17. The van der Waals surface area contributed by atoms with Crippen LogP contribution in [0.15, 0.2) is 0 Å². The number of fused-ring (bicyclic) bond motifs is 1. The third-order valence-corrected chi connectivity index (χ3v) is 4.82. The van der Waals surface area contributed by atoms with E-state index in [-0.39, 0.29) is 24.8 Å². The van der Waals surface area contributed by atoms with Gasteiger partial charge < -0.3 is 15.4 Å². The Morgan fingerprint density at radius 3 is 2.32 bits per heavy atom. The van der Waals surface area contributed by atoms with E-state index in [1.54, 1.807) is 0 Å². The predicted octanol–water partition coefficient (Wildman–Crippen LogP) is 0.831. The molecule has 3 aliphatic rings. The van der Waals surface area contributed by atoms with Crippen LogP contribution in [0.3, 0.4) is 0 Å². The van der Waals surface area contributed by atoms with E-state index in [1.807, 2.05) is 0 Å². The van der Waals surface area contributed by atoms with Crippen molar-refractivity contribution in [2.45, 2.75) is 18.9 Å². The summed E-state index contributed by atoms with van der Waals surface area (Å²) in [5, 5.41) is 0. The number of hydrogen-bond acceptors (Lipinski definition) is 4. The molecule has 4 nitrogen and oxygen atoms in total. The minimum atomic E-state index is 0. The van der Waals surface area contributed by atoms with Crippen LogP contribution in [0.2, 0.25) is 0 Å². The molecule has 6 heteroatoms. The first-order valence-corrected chi connectivity index (χ1v) is 7.11. The molecule has 2 heterocycles. The lowest BCUT2D eigenvalue weighted by Gasteiger charge is -2.28. The van der Waals surface area contributed by atoms with Crippen LogP contribution < -0.4 is 5.73 Å². The lowest BCUT2D eigenvalue weighted by Crippen LogP contribution is -2.41. The van der Waals surface area contributed by atoms with Crippen LogP contribution in [0.25, 0.3) is 0 Å². The second-order valence-corrected chi connectivity index (χ2v) is 5.88. The molecule has 3 rings (SSSR count). The van der Waals surface area contributed by atoms with Crippen molar-refractivity contribution in [3.05, 3.63) is 0 Å². The van der Waals surface area contributed by atoms with Gasteiger partial charge in [-0.25, -0.2) is 0 Å². The molecule has 3 fully saturated rings. The van der Waals surface area contributed by atoms with Crippen LogP contribution >= 0.6 is 24.8 Å². The average Bonchev–Trinajstić information content (AvgIpc) is 2.91. The summed E-state index contributed by atoms with van der Waals surface area (Å²) in [4.78, 5) is 5.15. The largest absolute Gasteiger partial charge is 0.379 e. The zero-order valence-corrected chi connectivity index (χ0v) is 13.1. The number of hydrogen-bond donors (Lipinski definition) is 1. The molecule has 3 atom stereocenters. The average molecular weight is 312 g/mol. The molecule has 2 N–H and O–H groups in total. The highest BCUT2D eigenvalue weighted by Crippen LogP contribution is 2.36. The van der Waals surface area contributed by atoms with E-state index in [0.29, 0.717) is 6.04 Å². The third-order valence-electron chi connectivity index (χ3n) is 4.82. The van der Waals surface area contributed by atoms with Gasteiger partial charge in [-0.2, -0.15) is 0 Å². The van der Waals surface area contributed by atoms with Crippen LogP contribution in [-0.4, -0.2) is 68.3 Å². The Bertz CT molecular complexity index is 264. The van der Waals surface area contributed by atoms with Gasteiger partial charge in [0, 0.05) is 45.3 Å². The van der Waals surface area contributed by atoms with Crippen molar-refractivity contribution < 1.29 is 4.74 Å². The first-order valence-electron chi connectivity index (χ1n) is 7.11. The minimum Gasteiger partial charge on any atom is -0.379 e. The van der Waals surface area contributed by atoms with Gasteiger partial charge in [0.1, 0.15) is 0 Å². The van der Waals surface area contributed by atoms with Gasteiger partial charge in [-0.05, 0) is 24.7 Å². The summed E-state index contributed by atoms with van der Waals surface area (Å²) in [6.45, 7) is 9.02. The second-order valence-electron chi connectivity index (χ2n) is 5.88. The van der Waals surface area contributed by atoms with E-state index >= 15 is 0 Å². The van der Waals surface area contributed by atoms with Crippen molar-refractivity contribution in [2.24, 2.45) is 17.6 Å². The molecular formula is C13H27Cl2N3O. The highest BCUT2D eigenvalue weighted by Gasteiger charge is 2.40. The van der Waals surface area contributed by atoms with Crippen LogP contribution in [0.5, 0.6) is 0 Å². The monoisotopic (exact) mass is 311 g/mol. The molecule has 2 aliphatic heterocycles. The first kappa shape index (κ1) is 17.5. The van der Waals surface area contributed by atoms with E-state index < -0.39 is 0 Å². The lowest BCUT2D eigenvalue weighted by atomic mass is 9.98. The maximum absolute atomic E-state index is 6.17. The number of morpholine rings is 1. The molecule has 0 spiro atoms. The number of rotatable bonds is 3. The van der Waals surface area contributed by atoms with Crippen LogP contribution in [0.1, 0.15) is 12.8 Å². The normalized spacial score (nSPS) is 35.5. The highest BCUT2D eigenvalue weighted by atomic mass is 35.5. The smallest absolute Gasteiger partial charge is 0.0594 e. The molecule has 114 valence electrons.